The fraction of sp³-hybridized carbons (Fsp3) is 0.400. The first-order chi connectivity index (χ1) is 13.8. The van der Waals surface area contributed by atoms with Gasteiger partial charge in [-0.3, -0.25) is 9.48 Å². The predicted molar refractivity (Wildman–Crippen MR) is 101 cm³/mol. The van der Waals surface area contributed by atoms with Crippen LogP contribution in [0.1, 0.15) is 28.2 Å². The molecule has 1 saturated heterocycles. The van der Waals surface area contributed by atoms with Gasteiger partial charge in [0.15, 0.2) is 5.69 Å². The summed E-state index contributed by atoms with van der Waals surface area (Å²) < 4.78 is 9.13. The van der Waals surface area contributed by atoms with Crippen molar-refractivity contribution in [3.8, 4) is 5.69 Å². The van der Waals surface area contributed by atoms with Crippen LogP contribution in [0.2, 0.25) is 0 Å². The van der Waals surface area contributed by atoms with Crippen molar-refractivity contribution < 1.29 is 9.53 Å². The number of carbonyl (C=O) groups excluding carboxylic acids is 1. The van der Waals surface area contributed by atoms with E-state index in [-0.39, 0.29) is 5.91 Å². The van der Waals surface area contributed by atoms with Gasteiger partial charge in [0, 0.05) is 44.1 Å². The first-order valence-electron chi connectivity index (χ1n) is 9.66. The van der Waals surface area contributed by atoms with E-state index in [1.807, 2.05) is 46.1 Å². The van der Waals surface area contributed by atoms with Crippen LogP contribution in [0.5, 0.6) is 0 Å². The number of hydrogen-bond acceptors (Lipinski definition) is 5. The molecule has 8 heteroatoms. The van der Waals surface area contributed by atoms with Crippen LogP contribution in [-0.4, -0.2) is 55.3 Å². The van der Waals surface area contributed by atoms with Gasteiger partial charge in [-0.1, -0.05) is 23.4 Å². The minimum atomic E-state index is -0.0768. The Balaban J connectivity index is 1.29. The summed E-state index contributed by atoms with van der Waals surface area (Å²) >= 11 is 0. The van der Waals surface area contributed by atoms with Crippen molar-refractivity contribution in [2.45, 2.75) is 25.9 Å². The molecule has 3 aromatic rings. The van der Waals surface area contributed by atoms with Crippen LogP contribution in [-0.2, 0) is 24.2 Å². The Morgan fingerprint density at radius 2 is 2.14 bits per heavy atom. The highest BCUT2D eigenvalue weighted by Gasteiger charge is 2.27. The van der Waals surface area contributed by atoms with Gasteiger partial charge in [-0.15, -0.1) is 5.10 Å². The van der Waals surface area contributed by atoms with Gasteiger partial charge in [-0.2, -0.15) is 5.10 Å². The lowest BCUT2D eigenvalue weighted by atomic mass is 10.1. The van der Waals surface area contributed by atoms with E-state index in [1.165, 1.54) is 5.69 Å². The normalized spacial score (nSPS) is 19.0. The maximum absolute atomic E-state index is 12.9. The Hall–Kier alpha value is -3.00. The van der Waals surface area contributed by atoms with Crippen LogP contribution >= 0.6 is 0 Å². The molecule has 0 spiro atoms. The Kier molecular flexibility index (Phi) is 4.40. The molecule has 144 valence electrons. The molecular formula is C20H22N6O2. The summed E-state index contributed by atoms with van der Waals surface area (Å²) in [6, 6.07) is 10.1. The second kappa shape index (κ2) is 7.20. The van der Waals surface area contributed by atoms with Crippen LogP contribution < -0.4 is 0 Å². The molecule has 1 fully saturated rings. The highest BCUT2D eigenvalue weighted by Crippen LogP contribution is 2.23. The first kappa shape index (κ1) is 17.1. The van der Waals surface area contributed by atoms with E-state index in [2.05, 4.69) is 15.4 Å². The molecule has 1 unspecified atom stereocenters. The zero-order valence-corrected chi connectivity index (χ0v) is 15.6. The van der Waals surface area contributed by atoms with Crippen LogP contribution in [0.4, 0.5) is 0 Å². The Labute approximate surface area is 162 Å². The minimum absolute atomic E-state index is 0.0768. The summed E-state index contributed by atoms with van der Waals surface area (Å²) in [5, 5.41) is 12.8. The second-order valence-electron chi connectivity index (χ2n) is 7.40. The quantitative estimate of drug-likeness (QED) is 0.691. The Morgan fingerprint density at radius 3 is 2.96 bits per heavy atom. The fourth-order valence-electron chi connectivity index (χ4n) is 3.94. The lowest BCUT2D eigenvalue weighted by molar-refractivity contribution is 0.0727. The highest BCUT2D eigenvalue weighted by atomic mass is 16.5. The standard InChI is InChI=1S/C20H22N6O2/c27-20(18-13-25(23-22-18)11-15-7-9-28-14-15)24-8-6-19-16(12-24)10-21-26(19)17-4-2-1-3-5-17/h1-5,10,13,15H,6-9,11-12,14H2. The summed E-state index contributed by atoms with van der Waals surface area (Å²) in [6.45, 7) is 3.49. The molecule has 8 nitrogen and oxygen atoms in total. The zero-order valence-electron chi connectivity index (χ0n) is 15.6. The van der Waals surface area contributed by atoms with Crippen molar-refractivity contribution in [2.24, 2.45) is 5.92 Å². The molecule has 2 aliphatic rings. The average Bonchev–Trinajstić information content (AvgIpc) is 3.49. The largest absolute Gasteiger partial charge is 0.381 e. The number of fused-ring (bicyclic) bond motifs is 1. The lowest BCUT2D eigenvalue weighted by Gasteiger charge is -2.26. The van der Waals surface area contributed by atoms with Crippen molar-refractivity contribution in [1.29, 1.82) is 0 Å². The minimum Gasteiger partial charge on any atom is -0.381 e. The lowest BCUT2D eigenvalue weighted by Crippen LogP contribution is -2.36. The number of benzene rings is 1. The highest BCUT2D eigenvalue weighted by molar-refractivity contribution is 5.92. The van der Waals surface area contributed by atoms with Gasteiger partial charge in [0.2, 0.25) is 0 Å². The van der Waals surface area contributed by atoms with Gasteiger partial charge < -0.3 is 9.64 Å². The van der Waals surface area contributed by atoms with E-state index >= 15 is 0 Å². The molecule has 1 aromatic carbocycles. The number of para-hydroxylation sites is 1. The maximum atomic E-state index is 12.9. The monoisotopic (exact) mass is 378 g/mol. The molecule has 0 saturated carbocycles. The van der Waals surface area contributed by atoms with Crippen LogP contribution in [0.25, 0.3) is 5.69 Å². The number of rotatable bonds is 4. The Bertz CT molecular complexity index is 974. The molecular weight excluding hydrogens is 356 g/mol. The van der Waals surface area contributed by atoms with Crippen LogP contribution in [0, 0.1) is 5.92 Å². The predicted octanol–water partition coefficient (Wildman–Crippen LogP) is 1.70. The van der Waals surface area contributed by atoms with Gasteiger partial charge in [0.25, 0.3) is 5.91 Å². The molecule has 2 aromatic heterocycles. The van der Waals surface area contributed by atoms with Gasteiger partial charge in [0.1, 0.15) is 0 Å². The number of nitrogens with zero attached hydrogens (tertiary/aromatic N) is 6. The number of aromatic nitrogens is 5. The topological polar surface area (TPSA) is 78.1 Å². The van der Waals surface area contributed by atoms with E-state index < -0.39 is 0 Å². The van der Waals surface area contributed by atoms with Gasteiger partial charge >= 0.3 is 0 Å². The van der Waals surface area contributed by atoms with Gasteiger partial charge in [0.05, 0.1) is 30.4 Å². The molecule has 1 amide bonds. The molecule has 0 bridgehead atoms. The van der Waals surface area contributed by atoms with Crippen LogP contribution in [0.15, 0.2) is 42.7 Å². The summed E-state index contributed by atoms with van der Waals surface area (Å²) in [5.41, 5.74) is 3.69. The van der Waals surface area contributed by atoms with E-state index in [9.17, 15) is 4.79 Å². The number of carbonyl (C=O) groups is 1. The summed E-state index contributed by atoms with van der Waals surface area (Å²) in [4.78, 5) is 14.7. The van der Waals surface area contributed by atoms with Crippen molar-refractivity contribution in [3.63, 3.8) is 0 Å². The first-order valence-corrected chi connectivity index (χ1v) is 9.66. The number of ether oxygens (including phenoxy) is 1. The summed E-state index contributed by atoms with van der Waals surface area (Å²) in [6.07, 6.45) is 5.41. The van der Waals surface area contributed by atoms with Crippen molar-refractivity contribution >= 4 is 5.91 Å². The number of hydrogen-bond donors (Lipinski definition) is 0. The molecule has 0 N–H and O–H groups in total. The number of amides is 1. The molecule has 2 aliphatic heterocycles. The molecule has 4 heterocycles. The smallest absolute Gasteiger partial charge is 0.276 e. The van der Waals surface area contributed by atoms with E-state index in [0.29, 0.717) is 24.7 Å². The zero-order chi connectivity index (χ0) is 18.9. The summed E-state index contributed by atoms with van der Waals surface area (Å²) in [7, 11) is 0. The molecule has 5 rings (SSSR count). The molecule has 0 radical (unpaired) electrons. The van der Waals surface area contributed by atoms with Crippen molar-refractivity contribution in [2.75, 3.05) is 19.8 Å². The second-order valence-corrected chi connectivity index (χ2v) is 7.40. The SMILES string of the molecule is O=C(c1cn(CC2CCOC2)nn1)N1CCc2c(cnn2-c2ccccc2)C1. The third-order valence-corrected chi connectivity index (χ3v) is 5.45. The Morgan fingerprint density at radius 1 is 1.25 bits per heavy atom. The molecule has 0 aliphatic carbocycles. The third kappa shape index (κ3) is 3.20. The van der Waals surface area contributed by atoms with Crippen LogP contribution in [0.3, 0.4) is 0 Å². The van der Waals surface area contributed by atoms with Gasteiger partial charge in [-0.05, 0) is 18.6 Å². The van der Waals surface area contributed by atoms with E-state index in [1.54, 1.807) is 10.9 Å². The molecule has 1 atom stereocenters. The van der Waals surface area contributed by atoms with E-state index in [0.717, 1.165) is 43.9 Å². The third-order valence-electron chi connectivity index (χ3n) is 5.45. The van der Waals surface area contributed by atoms with Crippen molar-refractivity contribution in [1.82, 2.24) is 29.7 Å². The van der Waals surface area contributed by atoms with E-state index in [4.69, 9.17) is 4.74 Å². The van der Waals surface area contributed by atoms with Gasteiger partial charge in [-0.25, -0.2) is 4.68 Å². The maximum Gasteiger partial charge on any atom is 0.276 e. The average molecular weight is 378 g/mol. The summed E-state index contributed by atoms with van der Waals surface area (Å²) in [5.74, 6) is 0.373. The van der Waals surface area contributed by atoms with Crippen molar-refractivity contribution in [3.05, 3.63) is 59.7 Å². The molecule has 28 heavy (non-hydrogen) atoms. The fourth-order valence-corrected chi connectivity index (χ4v) is 3.94.